The maximum absolute atomic E-state index is 12.8. The zero-order valence-corrected chi connectivity index (χ0v) is 13.4. The number of rotatable bonds is 4. The molecule has 0 spiro atoms. The molecule has 0 amide bonds. The van der Waals surface area contributed by atoms with Crippen LogP contribution in [0.3, 0.4) is 0 Å². The van der Waals surface area contributed by atoms with Crippen molar-refractivity contribution in [3.8, 4) is 5.69 Å². The van der Waals surface area contributed by atoms with Crippen molar-refractivity contribution in [2.45, 2.75) is 6.54 Å². The molecule has 3 rings (SSSR count). The first-order valence-electron chi connectivity index (χ1n) is 7.09. The second-order valence-corrected chi connectivity index (χ2v) is 7.13. The van der Waals surface area contributed by atoms with Crippen LogP contribution in [0.4, 0.5) is 0 Å². The number of pyridine rings is 1. The van der Waals surface area contributed by atoms with Gasteiger partial charge in [0.25, 0.3) is 5.56 Å². The van der Waals surface area contributed by atoms with Crippen LogP contribution in [-0.4, -0.2) is 19.2 Å². The van der Waals surface area contributed by atoms with Gasteiger partial charge in [0.05, 0.1) is 11.8 Å². The molecule has 0 bridgehead atoms. The highest BCUT2D eigenvalue weighted by Gasteiger charge is 2.12. The number of hydrogen-bond acceptors (Lipinski definition) is 3. The van der Waals surface area contributed by atoms with Crippen LogP contribution in [0.2, 0.25) is 0 Å². The Balaban J connectivity index is 2.24. The van der Waals surface area contributed by atoms with Gasteiger partial charge in [-0.2, -0.15) is 0 Å². The van der Waals surface area contributed by atoms with Crippen molar-refractivity contribution >= 4 is 20.9 Å². The van der Waals surface area contributed by atoms with Gasteiger partial charge in [0.15, 0.2) is 0 Å². The van der Waals surface area contributed by atoms with E-state index in [-0.39, 0.29) is 12.1 Å². The average Bonchev–Trinajstić information content (AvgIpc) is 2.53. The standard InChI is InChI=1S/C17H16N2O3S/c1-23(21,22)18-12-14-11-13-7-5-6-10-16(13)19(17(14)20)15-8-3-2-4-9-15/h2-11,18H,12H2,1H3. The van der Waals surface area contributed by atoms with E-state index >= 15 is 0 Å². The lowest BCUT2D eigenvalue weighted by Crippen LogP contribution is -2.29. The SMILES string of the molecule is CS(=O)(=O)NCc1cc2ccccc2n(-c2ccccc2)c1=O. The first-order chi connectivity index (χ1) is 11.0. The van der Waals surface area contributed by atoms with Crippen LogP contribution in [0.25, 0.3) is 16.6 Å². The lowest BCUT2D eigenvalue weighted by atomic mass is 10.1. The quantitative estimate of drug-likeness (QED) is 0.797. The largest absolute Gasteiger partial charge is 0.277 e. The number of aromatic nitrogens is 1. The third-order valence-corrected chi connectivity index (χ3v) is 4.19. The molecule has 6 heteroatoms. The predicted molar refractivity (Wildman–Crippen MR) is 91.2 cm³/mol. The highest BCUT2D eigenvalue weighted by molar-refractivity contribution is 7.88. The van der Waals surface area contributed by atoms with E-state index in [1.165, 1.54) is 0 Å². The molecule has 23 heavy (non-hydrogen) atoms. The van der Waals surface area contributed by atoms with Crippen LogP contribution in [0, 0.1) is 0 Å². The van der Waals surface area contributed by atoms with Crippen LogP contribution in [0.1, 0.15) is 5.56 Å². The van der Waals surface area contributed by atoms with Crippen molar-refractivity contribution in [1.82, 2.24) is 9.29 Å². The molecule has 0 fully saturated rings. The first-order valence-corrected chi connectivity index (χ1v) is 8.98. The number of nitrogens with one attached hydrogen (secondary N) is 1. The van der Waals surface area contributed by atoms with Gasteiger partial charge in [-0.15, -0.1) is 0 Å². The second kappa shape index (κ2) is 5.98. The van der Waals surface area contributed by atoms with Crippen LogP contribution < -0.4 is 10.3 Å². The molecule has 0 saturated carbocycles. The van der Waals surface area contributed by atoms with Crippen molar-refractivity contribution < 1.29 is 8.42 Å². The summed E-state index contributed by atoms with van der Waals surface area (Å²) >= 11 is 0. The van der Waals surface area contributed by atoms with E-state index in [0.717, 1.165) is 22.8 Å². The zero-order valence-electron chi connectivity index (χ0n) is 12.6. The van der Waals surface area contributed by atoms with Crippen LogP contribution in [-0.2, 0) is 16.6 Å². The molecule has 0 aliphatic heterocycles. The Morgan fingerprint density at radius 1 is 1.00 bits per heavy atom. The van der Waals surface area contributed by atoms with E-state index in [0.29, 0.717) is 5.56 Å². The van der Waals surface area contributed by atoms with Crippen molar-refractivity contribution in [3.05, 3.63) is 76.6 Å². The van der Waals surface area contributed by atoms with Crippen LogP contribution >= 0.6 is 0 Å². The smallest absolute Gasteiger partial charge is 0.260 e. The molecule has 3 aromatic rings. The predicted octanol–water partition coefficient (Wildman–Crippen LogP) is 2.04. The van der Waals surface area contributed by atoms with E-state index < -0.39 is 10.0 Å². The molecular formula is C17H16N2O3S. The Hall–Kier alpha value is -2.44. The summed E-state index contributed by atoms with van der Waals surface area (Å²) in [4.78, 5) is 12.8. The molecule has 0 unspecified atom stereocenters. The lowest BCUT2D eigenvalue weighted by molar-refractivity contribution is 0.587. The summed E-state index contributed by atoms with van der Waals surface area (Å²) in [6.45, 7) is -0.0324. The summed E-state index contributed by atoms with van der Waals surface area (Å²) in [6, 6.07) is 18.6. The van der Waals surface area contributed by atoms with Crippen molar-refractivity contribution in [1.29, 1.82) is 0 Å². The third kappa shape index (κ3) is 3.33. The normalized spacial score (nSPS) is 11.7. The van der Waals surface area contributed by atoms with Gasteiger partial charge in [0, 0.05) is 17.8 Å². The maximum atomic E-state index is 12.8. The number of nitrogens with zero attached hydrogens (tertiary/aromatic N) is 1. The highest BCUT2D eigenvalue weighted by Crippen LogP contribution is 2.17. The number of sulfonamides is 1. The van der Waals surface area contributed by atoms with E-state index in [2.05, 4.69) is 4.72 Å². The van der Waals surface area contributed by atoms with E-state index in [4.69, 9.17) is 0 Å². The Labute approximate surface area is 134 Å². The summed E-state index contributed by atoms with van der Waals surface area (Å²) in [5.41, 5.74) is 1.70. The monoisotopic (exact) mass is 328 g/mol. The Morgan fingerprint density at radius 3 is 2.35 bits per heavy atom. The minimum absolute atomic E-state index is 0.0324. The molecule has 5 nitrogen and oxygen atoms in total. The van der Waals surface area contributed by atoms with Gasteiger partial charge in [-0.3, -0.25) is 9.36 Å². The molecular weight excluding hydrogens is 312 g/mol. The molecule has 0 radical (unpaired) electrons. The Bertz CT molecular complexity index is 1010. The number of fused-ring (bicyclic) bond motifs is 1. The maximum Gasteiger partial charge on any atom is 0.260 e. The summed E-state index contributed by atoms with van der Waals surface area (Å²) in [6.07, 6.45) is 1.07. The van der Waals surface area contributed by atoms with Gasteiger partial charge < -0.3 is 0 Å². The highest BCUT2D eigenvalue weighted by atomic mass is 32.2. The van der Waals surface area contributed by atoms with Gasteiger partial charge in [-0.1, -0.05) is 36.4 Å². The number of para-hydroxylation sites is 2. The number of benzene rings is 2. The summed E-state index contributed by atoms with van der Waals surface area (Å²) in [5, 5.41) is 0.876. The summed E-state index contributed by atoms with van der Waals surface area (Å²) < 4.78 is 26.6. The van der Waals surface area contributed by atoms with Crippen molar-refractivity contribution in [2.75, 3.05) is 6.26 Å². The first kappa shape index (κ1) is 15.5. The molecule has 118 valence electrons. The average molecular weight is 328 g/mol. The topological polar surface area (TPSA) is 68.2 Å². The number of hydrogen-bond donors (Lipinski definition) is 1. The van der Waals surface area contributed by atoms with Crippen LogP contribution in [0.15, 0.2) is 65.5 Å². The second-order valence-electron chi connectivity index (χ2n) is 5.30. The fraction of sp³-hybridized carbons (Fsp3) is 0.118. The Morgan fingerprint density at radius 2 is 1.65 bits per heavy atom. The van der Waals surface area contributed by atoms with E-state index in [9.17, 15) is 13.2 Å². The fourth-order valence-electron chi connectivity index (χ4n) is 2.48. The van der Waals surface area contributed by atoms with E-state index in [1.807, 2.05) is 54.6 Å². The summed E-state index contributed by atoms with van der Waals surface area (Å²) in [7, 11) is -3.37. The molecule has 1 aromatic heterocycles. The fourth-order valence-corrected chi connectivity index (χ4v) is 2.90. The third-order valence-electron chi connectivity index (χ3n) is 3.52. The minimum Gasteiger partial charge on any atom is -0.277 e. The molecule has 0 saturated heterocycles. The van der Waals surface area contributed by atoms with Crippen LogP contribution in [0.5, 0.6) is 0 Å². The minimum atomic E-state index is -3.37. The Kier molecular flexibility index (Phi) is 4.02. The summed E-state index contributed by atoms with van der Waals surface area (Å²) in [5.74, 6) is 0. The van der Waals surface area contributed by atoms with Gasteiger partial charge in [-0.25, -0.2) is 13.1 Å². The van der Waals surface area contributed by atoms with Gasteiger partial charge >= 0.3 is 0 Å². The molecule has 2 aromatic carbocycles. The van der Waals surface area contributed by atoms with Crippen molar-refractivity contribution in [3.63, 3.8) is 0 Å². The molecule has 1 heterocycles. The van der Waals surface area contributed by atoms with Gasteiger partial charge in [0.2, 0.25) is 10.0 Å². The molecule has 1 N–H and O–H groups in total. The van der Waals surface area contributed by atoms with Gasteiger partial charge in [0.1, 0.15) is 0 Å². The van der Waals surface area contributed by atoms with Gasteiger partial charge in [-0.05, 0) is 29.7 Å². The molecule has 0 atom stereocenters. The molecule has 0 aliphatic carbocycles. The molecule has 0 aliphatic rings. The lowest BCUT2D eigenvalue weighted by Gasteiger charge is -2.13. The van der Waals surface area contributed by atoms with Crippen molar-refractivity contribution in [2.24, 2.45) is 0 Å². The zero-order chi connectivity index (χ0) is 16.4. The van der Waals surface area contributed by atoms with E-state index in [1.54, 1.807) is 10.6 Å².